The fraction of sp³-hybridized carbons (Fsp3) is 0.100. The van der Waals surface area contributed by atoms with Gasteiger partial charge in [0, 0.05) is 23.5 Å². The second-order valence-corrected chi connectivity index (χ2v) is 5.63. The lowest BCUT2D eigenvalue weighted by Gasteiger charge is -2.09. The molecule has 4 heteroatoms. The maximum absolute atomic E-state index is 12.4. The summed E-state index contributed by atoms with van der Waals surface area (Å²) in [4.78, 5) is 16.7. The molecule has 4 aromatic rings. The molecule has 0 atom stereocenters. The van der Waals surface area contributed by atoms with Crippen molar-refractivity contribution in [3.8, 4) is 0 Å². The van der Waals surface area contributed by atoms with Crippen LogP contribution in [-0.4, -0.2) is 11.5 Å². The zero-order chi connectivity index (χ0) is 16.4. The molecule has 0 aliphatic carbocycles. The number of hydrogen-bond donors (Lipinski definition) is 1. The average Bonchev–Trinajstić information content (AvgIpc) is 2.63. The van der Waals surface area contributed by atoms with Crippen LogP contribution in [0.4, 0.5) is 5.82 Å². The zero-order valence-electron chi connectivity index (χ0n) is 13.0. The van der Waals surface area contributed by atoms with Gasteiger partial charge in [-0.1, -0.05) is 48.5 Å². The molecule has 4 nitrogen and oxygen atoms in total. The lowest BCUT2D eigenvalue weighted by atomic mass is 10.1. The minimum Gasteiger partial charge on any atom is -0.422 e. The summed E-state index contributed by atoms with van der Waals surface area (Å²) >= 11 is 0. The second-order valence-electron chi connectivity index (χ2n) is 5.63. The Labute approximate surface area is 138 Å². The normalized spacial score (nSPS) is 11.0. The molecule has 4 rings (SSSR count). The summed E-state index contributed by atoms with van der Waals surface area (Å²) in [5.74, 6) is 0.572. The van der Waals surface area contributed by atoms with Crippen LogP contribution in [0.25, 0.3) is 21.7 Å². The number of nitrogens with zero attached hydrogens (tertiary/aromatic N) is 1. The van der Waals surface area contributed by atoms with E-state index in [0.29, 0.717) is 23.3 Å². The van der Waals surface area contributed by atoms with Crippen LogP contribution in [0, 0.1) is 0 Å². The molecule has 0 spiro atoms. The van der Waals surface area contributed by atoms with Crippen molar-refractivity contribution in [2.75, 3.05) is 11.9 Å². The standard InChI is InChI=1S/C20H16N2O2/c23-20-18-16(15-8-4-5-9-17(15)24-20)11-13-22-19(18)21-12-10-14-6-2-1-3-7-14/h1-9,11,13H,10,12H2,(H,21,22). The topological polar surface area (TPSA) is 55.1 Å². The van der Waals surface area contributed by atoms with E-state index in [1.807, 2.05) is 42.5 Å². The number of aromatic nitrogens is 1. The summed E-state index contributed by atoms with van der Waals surface area (Å²) in [7, 11) is 0. The smallest absolute Gasteiger partial charge is 0.347 e. The Hall–Kier alpha value is -3.14. The van der Waals surface area contributed by atoms with Gasteiger partial charge in [-0.3, -0.25) is 0 Å². The van der Waals surface area contributed by atoms with Crippen molar-refractivity contribution in [2.45, 2.75) is 6.42 Å². The summed E-state index contributed by atoms with van der Waals surface area (Å²) in [5, 5.41) is 5.55. The van der Waals surface area contributed by atoms with Gasteiger partial charge in [0.1, 0.15) is 16.8 Å². The van der Waals surface area contributed by atoms with Crippen LogP contribution in [0.3, 0.4) is 0 Å². The number of para-hydroxylation sites is 1. The molecule has 0 bridgehead atoms. The molecule has 0 aliphatic rings. The van der Waals surface area contributed by atoms with Gasteiger partial charge in [0.25, 0.3) is 0 Å². The molecule has 2 aromatic carbocycles. The van der Waals surface area contributed by atoms with Crippen LogP contribution in [-0.2, 0) is 6.42 Å². The molecular formula is C20H16N2O2. The van der Waals surface area contributed by atoms with Crippen LogP contribution in [0.1, 0.15) is 5.56 Å². The van der Waals surface area contributed by atoms with Crippen molar-refractivity contribution in [3.63, 3.8) is 0 Å². The molecule has 0 unspecified atom stereocenters. The molecule has 1 N–H and O–H groups in total. The lowest BCUT2D eigenvalue weighted by molar-refractivity contribution is 0.569. The van der Waals surface area contributed by atoms with E-state index in [9.17, 15) is 4.79 Å². The predicted octanol–water partition coefficient (Wildman–Crippen LogP) is 4.00. The van der Waals surface area contributed by atoms with E-state index in [0.717, 1.165) is 17.2 Å². The van der Waals surface area contributed by atoms with Crippen molar-refractivity contribution in [2.24, 2.45) is 0 Å². The van der Waals surface area contributed by atoms with Gasteiger partial charge in [-0.2, -0.15) is 0 Å². The number of rotatable bonds is 4. The first kappa shape index (κ1) is 14.5. The van der Waals surface area contributed by atoms with Gasteiger partial charge >= 0.3 is 5.63 Å². The minimum absolute atomic E-state index is 0.362. The highest BCUT2D eigenvalue weighted by atomic mass is 16.4. The number of benzene rings is 2. The molecule has 118 valence electrons. The number of fused-ring (bicyclic) bond motifs is 3. The van der Waals surface area contributed by atoms with E-state index in [-0.39, 0.29) is 5.63 Å². The van der Waals surface area contributed by atoms with E-state index in [4.69, 9.17) is 4.42 Å². The van der Waals surface area contributed by atoms with E-state index in [1.165, 1.54) is 5.56 Å². The van der Waals surface area contributed by atoms with Gasteiger partial charge in [-0.05, 0) is 24.1 Å². The quantitative estimate of drug-likeness (QED) is 0.457. The van der Waals surface area contributed by atoms with Gasteiger partial charge in [-0.25, -0.2) is 9.78 Å². The van der Waals surface area contributed by atoms with Crippen LogP contribution in [0.2, 0.25) is 0 Å². The van der Waals surface area contributed by atoms with Crippen LogP contribution >= 0.6 is 0 Å². The van der Waals surface area contributed by atoms with Crippen LogP contribution in [0.5, 0.6) is 0 Å². The molecule has 0 fully saturated rings. The van der Waals surface area contributed by atoms with Gasteiger partial charge < -0.3 is 9.73 Å². The lowest BCUT2D eigenvalue weighted by Crippen LogP contribution is -2.10. The van der Waals surface area contributed by atoms with Crippen LogP contribution in [0.15, 0.2) is 76.1 Å². The Bertz CT molecular complexity index is 1060. The maximum atomic E-state index is 12.4. The van der Waals surface area contributed by atoms with Crippen molar-refractivity contribution in [1.29, 1.82) is 0 Å². The fourth-order valence-electron chi connectivity index (χ4n) is 2.93. The van der Waals surface area contributed by atoms with Gasteiger partial charge in [0.05, 0.1) is 0 Å². The van der Waals surface area contributed by atoms with Crippen molar-refractivity contribution < 1.29 is 4.42 Å². The van der Waals surface area contributed by atoms with Crippen molar-refractivity contribution in [3.05, 3.63) is 82.8 Å². The highest BCUT2D eigenvalue weighted by Crippen LogP contribution is 2.25. The number of hydrogen-bond acceptors (Lipinski definition) is 4. The molecular weight excluding hydrogens is 300 g/mol. The highest BCUT2D eigenvalue weighted by Gasteiger charge is 2.11. The summed E-state index contributed by atoms with van der Waals surface area (Å²) < 4.78 is 5.44. The summed E-state index contributed by atoms with van der Waals surface area (Å²) in [6.45, 7) is 0.697. The summed E-state index contributed by atoms with van der Waals surface area (Å²) in [5.41, 5.74) is 1.47. The van der Waals surface area contributed by atoms with E-state index in [2.05, 4.69) is 22.4 Å². The third kappa shape index (κ3) is 2.63. The largest absolute Gasteiger partial charge is 0.422 e. The van der Waals surface area contributed by atoms with E-state index < -0.39 is 0 Å². The highest BCUT2D eigenvalue weighted by molar-refractivity contribution is 6.07. The molecule has 0 aliphatic heterocycles. The van der Waals surface area contributed by atoms with E-state index in [1.54, 1.807) is 12.3 Å². The molecule has 0 amide bonds. The minimum atomic E-state index is -0.362. The molecule has 0 saturated carbocycles. The zero-order valence-corrected chi connectivity index (χ0v) is 13.0. The Morgan fingerprint density at radius 2 is 1.71 bits per heavy atom. The SMILES string of the molecule is O=c1oc2ccccc2c2ccnc(NCCc3ccccc3)c12. The van der Waals surface area contributed by atoms with Gasteiger partial charge in [-0.15, -0.1) is 0 Å². The number of pyridine rings is 1. The third-order valence-electron chi connectivity index (χ3n) is 4.08. The molecule has 24 heavy (non-hydrogen) atoms. The maximum Gasteiger partial charge on any atom is 0.347 e. The van der Waals surface area contributed by atoms with Crippen LogP contribution < -0.4 is 10.9 Å². The first-order valence-electron chi connectivity index (χ1n) is 7.91. The summed E-state index contributed by atoms with van der Waals surface area (Å²) in [6.07, 6.45) is 2.58. The monoisotopic (exact) mass is 316 g/mol. The Balaban J connectivity index is 1.71. The molecule has 0 saturated heterocycles. The number of nitrogens with one attached hydrogen (secondary N) is 1. The van der Waals surface area contributed by atoms with Crippen molar-refractivity contribution in [1.82, 2.24) is 4.98 Å². The first-order valence-corrected chi connectivity index (χ1v) is 7.91. The Kier molecular flexibility index (Phi) is 3.71. The Morgan fingerprint density at radius 3 is 2.58 bits per heavy atom. The first-order chi connectivity index (χ1) is 11.8. The van der Waals surface area contributed by atoms with Crippen molar-refractivity contribution >= 4 is 27.6 Å². The van der Waals surface area contributed by atoms with Gasteiger partial charge in [0.15, 0.2) is 0 Å². The predicted molar refractivity (Wildman–Crippen MR) is 96.4 cm³/mol. The van der Waals surface area contributed by atoms with E-state index >= 15 is 0 Å². The average molecular weight is 316 g/mol. The summed E-state index contributed by atoms with van der Waals surface area (Å²) in [6, 6.07) is 19.6. The molecule has 2 aromatic heterocycles. The fourth-order valence-corrected chi connectivity index (χ4v) is 2.93. The number of anilines is 1. The molecule has 2 heterocycles. The second kappa shape index (κ2) is 6.16. The van der Waals surface area contributed by atoms with Gasteiger partial charge in [0.2, 0.25) is 0 Å². The Morgan fingerprint density at radius 1 is 0.917 bits per heavy atom. The molecule has 0 radical (unpaired) electrons. The third-order valence-corrected chi connectivity index (χ3v) is 4.08.